The van der Waals surface area contributed by atoms with E-state index in [1.165, 1.54) is 18.7 Å². The summed E-state index contributed by atoms with van der Waals surface area (Å²) >= 11 is 9.88. The van der Waals surface area contributed by atoms with Crippen LogP contribution in [0.1, 0.15) is 29.5 Å². The Bertz CT molecular complexity index is 1110. The molecule has 0 fully saturated rings. The average molecular weight is 585 g/mol. The molecule has 10 heteroatoms. The van der Waals surface area contributed by atoms with Crippen molar-refractivity contribution in [1.82, 2.24) is 20.1 Å². The van der Waals surface area contributed by atoms with Crippen LogP contribution in [0.15, 0.2) is 47.6 Å². The lowest BCUT2D eigenvalue weighted by Crippen LogP contribution is -2.21. The second kappa shape index (κ2) is 11.7. The molecule has 0 saturated carbocycles. The van der Waals surface area contributed by atoms with Gasteiger partial charge < -0.3 is 10.1 Å². The number of Topliss-reactive ketones (excluding diaryl/α,β-unsaturated/α-hetero) is 1. The summed E-state index contributed by atoms with van der Waals surface area (Å²) < 4.78 is 8.22. The molecule has 3 aromatic rings. The van der Waals surface area contributed by atoms with Gasteiger partial charge in [-0.2, -0.15) is 0 Å². The molecule has 168 valence electrons. The summed E-state index contributed by atoms with van der Waals surface area (Å²) in [6.45, 7) is 2.03. The van der Waals surface area contributed by atoms with E-state index in [-0.39, 0.29) is 17.4 Å². The molecular formula is C22H22ClIN4O3S. The first-order valence-corrected chi connectivity index (χ1v) is 12.3. The van der Waals surface area contributed by atoms with Crippen LogP contribution in [0.2, 0.25) is 5.02 Å². The van der Waals surface area contributed by atoms with Crippen LogP contribution in [0, 0.1) is 3.57 Å². The highest BCUT2D eigenvalue weighted by atomic mass is 127. The number of thioether (sulfide) groups is 1. The number of hydrogen-bond donors (Lipinski definition) is 1. The van der Waals surface area contributed by atoms with E-state index in [2.05, 4.69) is 38.1 Å². The zero-order valence-corrected chi connectivity index (χ0v) is 21.3. The lowest BCUT2D eigenvalue weighted by atomic mass is 10.2. The van der Waals surface area contributed by atoms with Crippen molar-refractivity contribution in [2.45, 2.75) is 24.9 Å². The number of hydrogen-bond acceptors (Lipinski definition) is 6. The summed E-state index contributed by atoms with van der Waals surface area (Å²) in [4.78, 5) is 23.8. The SMILES string of the molecule is COc1ccc(-n2c(CCCNC(C)=O)nnc2SCC(=O)c2ccc(I)cc2)cc1Cl. The summed E-state index contributed by atoms with van der Waals surface area (Å²) in [7, 11) is 1.56. The van der Waals surface area contributed by atoms with E-state index in [4.69, 9.17) is 16.3 Å². The van der Waals surface area contributed by atoms with Crippen LogP contribution in [0.25, 0.3) is 5.69 Å². The standard InChI is InChI=1S/C22H22ClIN4O3S/c1-14(29)25-11-3-4-21-26-27-22(28(21)17-9-10-20(31-2)18(23)12-17)32-13-19(30)15-5-7-16(24)8-6-15/h5-10,12H,3-4,11,13H2,1-2H3,(H,25,29). The topological polar surface area (TPSA) is 86.1 Å². The number of halogens is 2. The van der Waals surface area contributed by atoms with Crippen molar-refractivity contribution in [2.24, 2.45) is 0 Å². The van der Waals surface area contributed by atoms with Crippen molar-refractivity contribution in [3.8, 4) is 11.4 Å². The molecule has 0 bridgehead atoms. The number of rotatable bonds is 10. The second-order valence-corrected chi connectivity index (χ2v) is 9.45. The molecule has 2 aromatic carbocycles. The van der Waals surface area contributed by atoms with Crippen LogP contribution in [0.3, 0.4) is 0 Å². The summed E-state index contributed by atoms with van der Waals surface area (Å²) in [5.74, 6) is 1.47. The Morgan fingerprint density at radius 2 is 1.94 bits per heavy atom. The van der Waals surface area contributed by atoms with E-state index in [1.807, 2.05) is 34.9 Å². The van der Waals surface area contributed by atoms with E-state index >= 15 is 0 Å². The smallest absolute Gasteiger partial charge is 0.216 e. The van der Waals surface area contributed by atoms with Gasteiger partial charge in [0.15, 0.2) is 10.9 Å². The highest BCUT2D eigenvalue weighted by Gasteiger charge is 2.17. The zero-order chi connectivity index (χ0) is 23.1. The number of ketones is 1. The van der Waals surface area contributed by atoms with Crippen molar-refractivity contribution in [3.05, 3.63) is 62.4 Å². The molecule has 0 aliphatic heterocycles. The van der Waals surface area contributed by atoms with Gasteiger partial charge in [-0.3, -0.25) is 14.2 Å². The fourth-order valence-corrected chi connectivity index (χ4v) is 4.45. The highest BCUT2D eigenvalue weighted by molar-refractivity contribution is 14.1. The molecule has 0 atom stereocenters. The summed E-state index contributed by atoms with van der Waals surface area (Å²) in [5, 5.41) is 12.5. The summed E-state index contributed by atoms with van der Waals surface area (Å²) in [5.41, 5.74) is 1.44. The van der Waals surface area contributed by atoms with E-state index in [0.29, 0.717) is 40.9 Å². The minimum atomic E-state index is -0.0706. The van der Waals surface area contributed by atoms with Gasteiger partial charge in [-0.05, 0) is 59.3 Å². The summed E-state index contributed by atoms with van der Waals surface area (Å²) in [6, 6.07) is 12.9. The first-order chi connectivity index (χ1) is 15.4. The Morgan fingerprint density at radius 1 is 1.19 bits per heavy atom. The molecule has 0 saturated heterocycles. The van der Waals surface area contributed by atoms with Crippen molar-refractivity contribution >= 4 is 57.6 Å². The lowest BCUT2D eigenvalue weighted by Gasteiger charge is -2.12. The van der Waals surface area contributed by atoms with Crippen LogP contribution >= 0.6 is 46.0 Å². The van der Waals surface area contributed by atoms with Crippen LogP contribution in [-0.2, 0) is 11.2 Å². The molecule has 7 nitrogen and oxygen atoms in total. The van der Waals surface area contributed by atoms with Crippen LogP contribution in [0.5, 0.6) is 5.75 Å². The molecule has 1 heterocycles. The first kappa shape index (κ1) is 24.5. The Hall–Kier alpha value is -2.11. The Kier molecular flexibility index (Phi) is 8.94. The Balaban J connectivity index is 1.82. The molecular weight excluding hydrogens is 563 g/mol. The minimum absolute atomic E-state index is 0.0147. The monoisotopic (exact) mass is 584 g/mol. The summed E-state index contributed by atoms with van der Waals surface area (Å²) in [6.07, 6.45) is 1.30. The van der Waals surface area contributed by atoms with E-state index in [1.54, 1.807) is 19.2 Å². The predicted molar refractivity (Wildman–Crippen MR) is 134 cm³/mol. The Labute approximate surface area is 209 Å². The number of aromatic nitrogens is 3. The molecule has 1 amide bonds. The van der Waals surface area contributed by atoms with Gasteiger partial charge in [0, 0.05) is 29.0 Å². The molecule has 0 unspecified atom stereocenters. The molecule has 0 radical (unpaired) electrons. The van der Waals surface area contributed by atoms with Gasteiger partial charge in [0.2, 0.25) is 5.91 Å². The van der Waals surface area contributed by atoms with Crippen molar-refractivity contribution < 1.29 is 14.3 Å². The molecule has 1 N–H and O–H groups in total. The maximum Gasteiger partial charge on any atom is 0.216 e. The molecule has 0 aliphatic rings. The quantitative estimate of drug-likeness (QED) is 0.163. The second-order valence-electron chi connectivity index (χ2n) is 6.86. The van der Waals surface area contributed by atoms with Gasteiger partial charge in [-0.25, -0.2) is 0 Å². The van der Waals surface area contributed by atoms with Gasteiger partial charge in [-0.1, -0.05) is 35.5 Å². The minimum Gasteiger partial charge on any atom is -0.495 e. The molecule has 32 heavy (non-hydrogen) atoms. The fourth-order valence-electron chi connectivity index (χ4n) is 2.97. The van der Waals surface area contributed by atoms with Gasteiger partial charge in [0.1, 0.15) is 11.6 Å². The number of methoxy groups -OCH3 is 1. The normalized spacial score (nSPS) is 10.8. The van der Waals surface area contributed by atoms with E-state index < -0.39 is 0 Å². The van der Waals surface area contributed by atoms with Crippen molar-refractivity contribution in [1.29, 1.82) is 0 Å². The average Bonchev–Trinajstić information content (AvgIpc) is 3.18. The number of carbonyl (C=O) groups is 2. The number of aryl methyl sites for hydroxylation is 1. The number of nitrogens with zero attached hydrogens (tertiary/aromatic N) is 3. The van der Waals surface area contributed by atoms with Crippen LogP contribution in [0.4, 0.5) is 0 Å². The number of ether oxygens (including phenoxy) is 1. The van der Waals surface area contributed by atoms with Gasteiger partial charge in [0.25, 0.3) is 0 Å². The first-order valence-electron chi connectivity index (χ1n) is 9.83. The molecule has 3 rings (SSSR count). The fraction of sp³-hybridized carbons (Fsp3) is 0.273. The third-order valence-electron chi connectivity index (χ3n) is 4.54. The maximum absolute atomic E-state index is 12.6. The molecule has 1 aromatic heterocycles. The third-order valence-corrected chi connectivity index (χ3v) is 6.49. The number of nitrogens with one attached hydrogen (secondary N) is 1. The number of benzene rings is 2. The van der Waals surface area contributed by atoms with Gasteiger partial charge in [-0.15, -0.1) is 10.2 Å². The van der Waals surface area contributed by atoms with Crippen molar-refractivity contribution in [2.75, 3.05) is 19.4 Å². The maximum atomic E-state index is 12.6. The number of amides is 1. The van der Waals surface area contributed by atoms with Crippen molar-refractivity contribution in [3.63, 3.8) is 0 Å². The van der Waals surface area contributed by atoms with Gasteiger partial charge >= 0.3 is 0 Å². The van der Waals surface area contributed by atoms with E-state index in [9.17, 15) is 9.59 Å². The molecule has 0 spiro atoms. The molecule has 0 aliphatic carbocycles. The van der Waals surface area contributed by atoms with Crippen LogP contribution < -0.4 is 10.1 Å². The van der Waals surface area contributed by atoms with E-state index in [0.717, 1.165) is 15.1 Å². The third kappa shape index (κ3) is 6.46. The zero-order valence-electron chi connectivity index (χ0n) is 17.6. The van der Waals surface area contributed by atoms with Crippen LogP contribution in [-0.4, -0.2) is 45.9 Å². The predicted octanol–water partition coefficient (Wildman–Crippen LogP) is 4.58. The largest absolute Gasteiger partial charge is 0.495 e. The van der Waals surface area contributed by atoms with Gasteiger partial charge in [0.05, 0.1) is 23.6 Å². The lowest BCUT2D eigenvalue weighted by molar-refractivity contribution is -0.118. The number of carbonyl (C=O) groups excluding carboxylic acids is 2. The highest BCUT2D eigenvalue weighted by Crippen LogP contribution is 2.30. The Morgan fingerprint density at radius 3 is 2.59 bits per heavy atom.